The lowest BCUT2D eigenvalue weighted by Crippen LogP contribution is -1.95. The van der Waals surface area contributed by atoms with Crippen LogP contribution in [0.4, 0.5) is 5.69 Å². The van der Waals surface area contributed by atoms with E-state index in [9.17, 15) is 0 Å². The second-order valence-electron chi connectivity index (χ2n) is 2.06. The fraction of sp³-hybridized carbons (Fsp3) is 0.444. The van der Waals surface area contributed by atoms with Gasteiger partial charge in [-0.05, 0) is 18.6 Å². The summed E-state index contributed by atoms with van der Waals surface area (Å²) in [6.07, 6.45) is 3.50. The topological polar surface area (TPSA) is 34.1 Å². The molecule has 0 aromatic carbocycles. The minimum absolute atomic E-state index is 0.877. The molecule has 0 saturated heterocycles. The van der Waals surface area contributed by atoms with Crippen molar-refractivity contribution in [1.29, 1.82) is 0 Å². The molecule has 1 N–H and O–H groups in total. The summed E-state index contributed by atoms with van der Waals surface area (Å²) in [5, 5.41) is 0. The standard InChI is InChI=1S/C7H10N2O.C2H6/c1-6-3-7(9-10-2)5-8-4-6;1-2/h3-5,9H,1-2H3;1-2H3. The van der Waals surface area contributed by atoms with E-state index < -0.39 is 0 Å². The van der Waals surface area contributed by atoms with Crippen molar-refractivity contribution in [3.63, 3.8) is 0 Å². The molecule has 0 bridgehead atoms. The van der Waals surface area contributed by atoms with Crippen molar-refractivity contribution in [3.05, 3.63) is 24.0 Å². The van der Waals surface area contributed by atoms with Gasteiger partial charge in [0.15, 0.2) is 0 Å². The van der Waals surface area contributed by atoms with Crippen LogP contribution in [-0.4, -0.2) is 12.1 Å². The largest absolute Gasteiger partial charge is 0.279 e. The fourth-order valence-corrected chi connectivity index (χ4v) is 0.729. The molecule has 12 heavy (non-hydrogen) atoms. The van der Waals surface area contributed by atoms with E-state index in [2.05, 4.69) is 10.5 Å². The van der Waals surface area contributed by atoms with Gasteiger partial charge >= 0.3 is 0 Å². The third kappa shape index (κ3) is 3.93. The highest BCUT2D eigenvalue weighted by molar-refractivity contribution is 5.39. The summed E-state index contributed by atoms with van der Waals surface area (Å²) in [6.45, 7) is 5.98. The van der Waals surface area contributed by atoms with Crippen LogP contribution >= 0.6 is 0 Å². The first-order valence-electron chi connectivity index (χ1n) is 4.03. The molecule has 0 amide bonds. The van der Waals surface area contributed by atoms with Gasteiger partial charge in [0, 0.05) is 6.20 Å². The maximum atomic E-state index is 4.69. The molecule has 1 heterocycles. The lowest BCUT2D eigenvalue weighted by Gasteiger charge is -2.01. The maximum absolute atomic E-state index is 4.69. The Morgan fingerprint density at radius 3 is 2.50 bits per heavy atom. The summed E-state index contributed by atoms with van der Waals surface area (Å²) >= 11 is 0. The van der Waals surface area contributed by atoms with E-state index in [-0.39, 0.29) is 0 Å². The molecule has 0 radical (unpaired) electrons. The minimum Gasteiger partial charge on any atom is -0.279 e. The van der Waals surface area contributed by atoms with Gasteiger partial charge in [-0.25, -0.2) is 0 Å². The Hall–Kier alpha value is -1.09. The van der Waals surface area contributed by atoms with Gasteiger partial charge in [0.05, 0.1) is 19.0 Å². The van der Waals surface area contributed by atoms with Crippen molar-refractivity contribution < 1.29 is 4.84 Å². The molecule has 1 aromatic heterocycles. The molecular weight excluding hydrogens is 152 g/mol. The van der Waals surface area contributed by atoms with Crippen LogP contribution in [0, 0.1) is 6.92 Å². The molecule has 0 aliphatic heterocycles. The Morgan fingerprint density at radius 1 is 1.33 bits per heavy atom. The third-order valence-electron chi connectivity index (χ3n) is 1.09. The number of nitrogens with one attached hydrogen (secondary N) is 1. The average Bonchev–Trinajstić information content (AvgIpc) is 2.09. The Bertz CT molecular complexity index is 213. The average molecular weight is 168 g/mol. The molecule has 3 heteroatoms. The molecule has 1 rings (SSSR count). The molecule has 68 valence electrons. The normalized spacial score (nSPS) is 8.33. The molecule has 0 fully saturated rings. The second kappa shape index (κ2) is 6.61. The highest BCUT2D eigenvalue weighted by atomic mass is 16.6. The molecule has 1 aromatic rings. The third-order valence-corrected chi connectivity index (χ3v) is 1.09. The molecule has 0 aliphatic carbocycles. The van der Waals surface area contributed by atoms with E-state index in [4.69, 9.17) is 4.84 Å². The van der Waals surface area contributed by atoms with Gasteiger partial charge in [-0.3, -0.25) is 15.3 Å². The Balaban J connectivity index is 0.000000561. The van der Waals surface area contributed by atoms with Crippen LogP contribution in [-0.2, 0) is 4.84 Å². The summed E-state index contributed by atoms with van der Waals surface area (Å²) in [7, 11) is 1.57. The lowest BCUT2D eigenvalue weighted by atomic mass is 10.3. The van der Waals surface area contributed by atoms with E-state index in [1.54, 1.807) is 19.5 Å². The van der Waals surface area contributed by atoms with Crippen LogP contribution < -0.4 is 5.48 Å². The molecular formula is C9H16N2O. The highest BCUT2D eigenvalue weighted by Crippen LogP contribution is 2.05. The monoisotopic (exact) mass is 168 g/mol. The van der Waals surface area contributed by atoms with Gasteiger partial charge in [0.25, 0.3) is 0 Å². The number of anilines is 1. The molecule has 0 aliphatic rings. The van der Waals surface area contributed by atoms with E-state index in [1.165, 1.54) is 0 Å². The van der Waals surface area contributed by atoms with Crippen LogP contribution in [0.25, 0.3) is 0 Å². The predicted molar refractivity (Wildman–Crippen MR) is 51.0 cm³/mol. The number of pyridine rings is 1. The molecule has 0 saturated carbocycles. The van der Waals surface area contributed by atoms with Crippen LogP contribution in [0.3, 0.4) is 0 Å². The molecule has 0 spiro atoms. The Labute approximate surface area is 73.7 Å². The van der Waals surface area contributed by atoms with Crippen molar-refractivity contribution in [2.45, 2.75) is 20.8 Å². The van der Waals surface area contributed by atoms with Crippen LogP contribution in [0.5, 0.6) is 0 Å². The maximum Gasteiger partial charge on any atom is 0.0790 e. The number of aryl methyl sites for hydroxylation is 1. The zero-order chi connectivity index (χ0) is 9.40. The summed E-state index contributed by atoms with van der Waals surface area (Å²) in [6, 6.07) is 1.95. The summed E-state index contributed by atoms with van der Waals surface area (Å²) in [5.41, 5.74) is 4.68. The van der Waals surface area contributed by atoms with E-state index in [0.717, 1.165) is 11.3 Å². The van der Waals surface area contributed by atoms with Crippen molar-refractivity contribution in [3.8, 4) is 0 Å². The smallest absolute Gasteiger partial charge is 0.0790 e. The zero-order valence-corrected chi connectivity index (χ0v) is 8.09. The van der Waals surface area contributed by atoms with Crippen molar-refractivity contribution in [2.24, 2.45) is 0 Å². The molecule has 0 atom stereocenters. The van der Waals surface area contributed by atoms with Gasteiger partial charge in [-0.1, -0.05) is 13.8 Å². The fourth-order valence-electron chi connectivity index (χ4n) is 0.729. The number of nitrogens with zero attached hydrogens (tertiary/aromatic N) is 1. The van der Waals surface area contributed by atoms with E-state index in [0.29, 0.717) is 0 Å². The number of hydrogen-bond donors (Lipinski definition) is 1. The SMILES string of the molecule is CC.CONc1cncc(C)c1. The number of hydrogen-bond acceptors (Lipinski definition) is 3. The molecule has 3 nitrogen and oxygen atoms in total. The number of rotatable bonds is 2. The Kier molecular flexibility index (Phi) is 6.01. The summed E-state index contributed by atoms with van der Waals surface area (Å²) in [5.74, 6) is 0. The van der Waals surface area contributed by atoms with Gasteiger partial charge in [0.2, 0.25) is 0 Å². The highest BCUT2D eigenvalue weighted by Gasteiger charge is 1.88. The van der Waals surface area contributed by atoms with Crippen LogP contribution in [0.2, 0.25) is 0 Å². The van der Waals surface area contributed by atoms with Crippen molar-refractivity contribution in [1.82, 2.24) is 4.98 Å². The molecule has 0 unspecified atom stereocenters. The zero-order valence-electron chi connectivity index (χ0n) is 8.09. The van der Waals surface area contributed by atoms with Crippen LogP contribution in [0.1, 0.15) is 19.4 Å². The van der Waals surface area contributed by atoms with Crippen LogP contribution in [0.15, 0.2) is 18.5 Å². The second-order valence-corrected chi connectivity index (χ2v) is 2.06. The van der Waals surface area contributed by atoms with E-state index in [1.807, 2.05) is 26.8 Å². The summed E-state index contributed by atoms with van der Waals surface area (Å²) < 4.78 is 0. The van der Waals surface area contributed by atoms with Gasteiger partial charge < -0.3 is 0 Å². The first-order chi connectivity index (χ1) is 5.83. The van der Waals surface area contributed by atoms with Crippen molar-refractivity contribution >= 4 is 5.69 Å². The summed E-state index contributed by atoms with van der Waals surface area (Å²) in [4.78, 5) is 8.65. The quantitative estimate of drug-likeness (QED) is 0.688. The number of aromatic nitrogens is 1. The first kappa shape index (κ1) is 10.9. The van der Waals surface area contributed by atoms with E-state index >= 15 is 0 Å². The Morgan fingerprint density at radius 2 is 2.00 bits per heavy atom. The van der Waals surface area contributed by atoms with Gasteiger partial charge in [-0.15, -0.1) is 0 Å². The van der Waals surface area contributed by atoms with Gasteiger partial charge in [-0.2, -0.15) is 0 Å². The minimum atomic E-state index is 0.877. The predicted octanol–water partition coefficient (Wildman–Crippen LogP) is 2.39. The lowest BCUT2D eigenvalue weighted by molar-refractivity contribution is 0.271. The van der Waals surface area contributed by atoms with Crippen molar-refractivity contribution in [2.75, 3.05) is 12.6 Å². The van der Waals surface area contributed by atoms with Gasteiger partial charge in [0.1, 0.15) is 0 Å². The first-order valence-corrected chi connectivity index (χ1v) is 4.03.